The minimum atomic E-state index is 0.757. The van der Waals surface area contributed by atoms with Crippen molar-refractivity contribution >= 4 is 0 Å². The molecule has 2 rings (SSSR count). The number of quaternary nitrogens is 1. The molecule has 1 heterocycles. The number of likely N-dealkylation sites (tertiary alicyclic amines) is 1. The summed E-state index contributed by atoms with van der Waals surface area (Å²) in [5, 5.41) is 0. The van der Waals surface area contributed by atoms with Crippen LogP contribution >= 0.6 is 0 Å². The van der Waals surface area contributed by atoms with Crippen molar-refractivity contribution in [1.29, 1.82) is 0 Å². The molecule has 1 saturated heterocycles. The molecule has 0 saturated carbocycles. The van der Waals surface area contributed by atoms with Crippen LogP contribution in [0, 0.1) is 0 Å². The molecule has 100 valence electrons. The molecule has 0 aromatic heterocycles. The van der Waals surface area contributed by atoms with Gasteiger partial charge in [0.25, 0.3) is 0 Å². The smallest absolute Gasteiger partial charge is 0.0786 e. The Morgan fingerprint density at radius 2 is 1.78 bits per heavy atom. The molecule has 0 spiro atoms. The monoisotopic (exact) mass is 248 g/mol. The second-order valence-electron chi connectivity index (χ2n) is 5.74. The summed E-state index contributed by atoms with van der Waals surface area (Å²) < 4.78 is 7.00. The van der Waals surface area contributed by atoms with Gasteiger partial charge < -0.3 is 9.22 Å². The van der Waals surface area contributed by atoms with Crippen LogP contribution in [0.1, 0.15) is 31.2 Å². The number of hydrogen-bond acceptors (Lipinski definition) is 1. The zero-order chi connectivity index (χ0) is 12.7. The summed E-state index contributed by atoms with van der Waals surface area (Å²) >= 11 is 0. The van der Waals surface area contributed by atoms with Gasteiger partial charge in [-0.15, -0.1) is 0 Å². The maximum absolute atomic E-state index is 5.71. The topological polar surface area (TPSA) is 9.23 Å². The third-order valence-corrected chi connectivity index (χ3v) is 3.99. The van der Waals surface area contributed by atoms with Gasteiger partial charge in [0.2, 0.25) is 0 Å². The highest BCUT2D eigenvalue weighted by Crippen LogP contribution is 2.17. The molecule has 2 nitrogen and oxygen atoms in total. The van der Waals surface area contributed by atoms with Gasteiger partial charge in [0, 0.05) is 19.4 Å². The summed E-state index contributed by atoms with van der Waals surface area (Å²) in [6.45, 7) is 5.74. The van der Waals surface area contributed by atoms with Gasteiger partial charge in [0.1, 0.15) is 0 Å². The third kappa shape index (κ3) is 4.43. The summed E-state index contributed by atoms with van der Waals surface area (Å²) in [5.74, 6) is 0. The average molecular weight is 248 g/mol. The highest BCUT2D eigenvalue weighted by molar-refractivity contribution is 5.13. The Labute approximate surface area is 111 Å². The fourth-order valence-electron chi connectivity index (χ4n) is 2.78. The minimum Gasteiger partial charge on any atom is -0.377 e. The maximum atomic E-state index is 5.71. The first-order chi connectivity index (χ1) is 8.79. The molecule has 0 bridgehead atoms. The molecule has 0 atom stereocenters. The van der Waals surface area contributed by atoms with Crippen molar-refractivity contribution in [3.05, 3.63) is 35.9 Å². The van der Waals surface area contributed by atoms with Crippen LogP contribution in [0.15, 0.2) is 30.3 Å². The predicted molar refractivity (Wildman–Crippen MR) is 75.4 cm³/mol. The lowest BCUT2D eigenvalue weighted by molar-refractivity contribution is -0.897. The Balaban J connectivity index is 1.51. The fraction of sp³-hybridized carbons (Fsp3) is 0.625. The molecular weight excluding hydrogens is 222 g/mol. The van der Waals surface area contributed by atoms with E-state index >= 15 is 0 Å². The van der Waals surface area contributed by atoms with Crippen LogP contribution < -0.4 is 0 Å². The highest BCUT2D eigenvalue weighted by atomic mass is 16.5. The van der Waals surface area contributed by atoms with Gasteiger partial charge in [0.15, 0.2) is 0 Å². The molecule has 1 fully saturated rings. The standard InChI is InChI=1S/C16H26NO/c1-17(11-5-6-12-17)13-7-8-14-18-15-16-9-3-2-4-10-16/h2-4,9-10H,5-8,11-15H2,1H3/q+1. The van der Waals surface area contributed by atoms with E-state index in [1.807, 2.05) is 6.07 Å². The van der Waals surface area contributed by atoms with E-state index in [1.165, 1.54) is 55.4 Å². The summed E-state index contributed by atoms with van der Waals surface area (Å²) in [6.07, 6.45) is 5.33. The lowest BCUT2D eigenvalue weighted by Gasteiger charge is -2.29. The first kappa shape index (κ1) is 13.6. The molecule has 0 aliphatic carbocycles. The van der Waals surface area contributed by atoms with Crippen molar-refractivity contribution in [2.24, 2.45) is 0 Å². The fourth-order valence-corrected chi connectivity index (χ4v) is 2.78. The van der Waals surface area contributed by atoms with E-state index in [-0.39, 0.29) is 0 Å². The van der Waals surface area contributed by atoms with Crippen molar-refractivity contribution in [3.8, 4) is 0 Å². The van der Waals surface area contributed by atoms with Crippen molar-refractivity contribution in [1.82, 2.24) is 0 Å². The SMILES string of the molecule is C[N+]1(CCCCOCc2ccccc2)CCCC1. The third-order valence-electron chi connectivity index (χ3n) is 3.99. The van der Waals surface area contributed by atoms with E-state index < -0.39 is 0 Å². The Kier molecular flexibility index (Phi) is 5.21. The van der Waals surface area contributed by atoms with Crippen LogP contribution in [0.3, 0.4) is 0 Å². The molecule has 0 amide bonds. The van der Waals surface area contributed by atoms with Crippen LogP contribution in [0.5, 0.6) is 0 Å². The van der Waals surface area contributed by atoms with Crippen molar-refractivity contribution < 1.29 is 9.22 Å². The summed E-state index contributed by atoms with van der Waals surface area (Å²) in [6, 6.07) is 10.4. The summed E-state index contributed by atoms with van der Waals surface area (Å²) in [4.78, 5) is 0. The van der Waals surface area contributed by atoms with Crippen molar-refractivity contribution in [2.75, 3.05) is 33.3 Å². The summed E-state index contributed by atoms with van der Waals surface area (Å²) in [7, 11) is 2.40. The molecule has 0 unspecified atom stereocenters. The zero-order valence-electron chi connectivity index (χ0n) is 11.6. The second kappa shape index (κ2) is 6.91. The molecule has 0 N–H and O–H groups in total. The van der Waals surface area contributed by atoms with E-state index in [0.717, 1.165) is 13.2 Å². The van der Waals surface area contributed by atoms with Crippen LogP contribution in [-0.2, 0) is 11.3 Å². The van der Waals surface area contributed by atoms with Crippen molar-refractivity contribution in [3.63, 3.8) is 0 Å². The van der Waals surface area contributed by atoms with Gasteiger partial charge in [-0.3, -0.25) is 0 Å². The number of unbranched alkanes of at least 4 members (excludes halogenated alkanes) is 1. The van der Waals surface area contributed by atoms with Gasteiger partial charge in [0.05, 0.1) is 33.3 Å². The molecule has 1 aromatic rings. The maximum Gasteiger partial charge on any atom is 0.0786 e. The lowest BCUT2D eigenvalue weighted by atomic mass is 10.2. The Hall–Kier alpha value is -0.860. The highest BCUT2D eigenvalue weighted by Gasteiger charge is 2.25. The number of nitrogens with zero attached hydrogens (tertiary/aromatic N) is 1. The quantitative estimate of drug-likeness (QED) is 0.532. The minimum absolute atomic E-state index is 0.757. The van der Waals surface area contributed by atoms with Crippen LogP contribution in [0.25, 0.3) is 0 Å². The molecule has 1 aliphatic rings. The summed E-state index contributed by atoms with van der Waals surface area (Å²) in [5.41, 5.74) is 1.27. The largest absolute Gasteiger partial charge is 0.377 e. The molecule has 18 heavy (non-hydrogen) atoms. The van der Waals surface area contributed by atoms with Gasteiger partial charge in [-0.25, -0.2) is 0 Å². The van der Waals surface area contributed by atoms with Crippen LogP contribution in [0.4, 0.5) is 0 Å². The molecule has 1 aromatic carbocycles. The zero-order valence-corrected chi connectivity index (χ0v) is 11.6. The first-order valence-electron chi connectivity index (χ1n) is 7.24. The van der Waals surface area contributed by atoms with E-state index in [2.05, 4.69) is 31.3 Å². The van der Waals surface area contributed by atoms with Crippen LogP contribution in [0.2, 0.25) is 0 Å². The number of ether oxygens (including phenoxy) is 1. The van der Waals surface area contributed by atoms with E-state index in [0.29, 0.717) is 0 Å². The number of benzene rings is 1. The first-order valence-corrected chi connectivity index (χ1v) is 7.24. The normalized spacial score (nSPS) is 18.1. The Bertz CT molecular complexity index is 330. The predicted octanol–water partition coefficient (Wildman–Crippen LogP) is 3.22. The number of rotatable bonds is 7. The Morgan fingerprint density at radius 1 is 1.06 bits per heavy atom. The van der Waals surface area contributed by atoms with Gasteiger partial charge in [-0.2, -0.15) is 0 Å². The van der Waals surface area contributed by atoms with Gasteiger partial charge in [-0.1, -0.05) is 30.3 Å². The van der Waals surface area contributed by atoms with E-state index in [4.69, 9.17) is 4.74 Å². The van der Waals surface area contributed by atoms with Gasteiger partial charge >= 0.3 is 0 Å². The number of hydrogen-bond donors (Lipinski definition) is 0. The molecular formula is C16H26NO+. The second-order valence-corrected chi connectivity index (χ2v) is 5.74. The van der Waals surface area contributed by atoms with Crippen LogP contribution in [-0.4, -0.2) is 37.8 Å². The molecule has 0 radical (unpaired) electrons. The Morgan fingerprint density at radius 3 is 2.50 bits per heavy atom. The lowest BCUT2D eigenvalue weighted by Crippen LogP contribution is -2.41. The molecule has 1 aliphatic heterocycles. The van der Waals surface area contributed by atoms with Gasteiger partial charge in [-0.05, 0) is 18.4 Å². The van der Waals surface area contributed by atoms with E-state index in [9.17, 15) is 0 Å². The van der Waals surface area contributed by atoms with Crippen molar-refractivity contribution in [2.45, 2.75) is 32.3 Å². The molecule has 2 heteroatoms. The van der Waals surface area contributed by atoms with E-state index in [1.54, 1.807) is 0 Å². The average Bonchev–Trinajstić information content (AvgIpc) is 2.82.